The number of benzene rings is 1. The van der Waals surface area contributed by atoms with Gasteiger partial charge in [-0.05, 0) is 18.2 Å². The number of hydrogen-bond donors (Lipinski definition) is 1. The van der Waals surface area contributed by atoms with Gasteiger partial charge in [0.1, 0.15) is 5.82 Å². The molecule has 0 bridgehead atoms. The van der Waals surface area contributed by atoms with Gasteiger partial charge in [0.25, 0.3) is 0 Å². The molecule has 0 aromatic heterocycles. The summed E-state index contributed by atoms with van der Waals surface area (Å²) in [6.07, 6.45) is -1.59. The third kappa shape index (κ3) is 2.30. The number of aliphatic hydroxyl groups is 1. The number of carbonyl (C=O) groups excluding carboxylic acids is 1. The summed E-state index contributed by atoms with van der Waals surface area (Å²) in [6.45, 7) is 0. The highest BCUT2D eigenvalue weighted by molar-refractivity contribution is 9.10. The highest BCUT2D eigenvalue weighted by Gasteiger charge is 2.21. The Morgan fingerprint density at radius 2 is 2.29 bits per heavy atom. The first-order chi connectivity index (χ1) is 6.56. The van der Waals surface area contributed by atoms with E-state index in [4.69, 9.17) is 0 Å². The molecule has 0 aliphatic heterocycles. The summed E-state index contributed by atoms with van der Waals surface area (Å²) in [5, 5.41) is 9.36. The largest absolute Gasteiger partial charge is 0.467 e. The molecule has 0 aliphatic carbocycles. The van der Waals surface area contributed by atoms with Crippen molar-refractivity contribution >= 4 is 21.9 Å². The second-order valence-electron chi connectivity index (χ2n) is 2.59. The summed E-state index contributed by atoms with van der Waals surface area (Å²) in [5.41, 5.74) is -0.105. The number of halogens is 2. The van der Waals surface area contributed by atoms with Gasteiger partial charge in [-0.1, -0.05) is 15.9 Å². The molecule has 0 heterocycles. The van der Waals surface area contributed by atoms with Crippen molar-refractivity contribution in [2.45, 2.75) is 6.10 Å². The maximum absolute atomic E-state index is 13.1. The third-order valence-corrected chi connectivity index (χ3v) is 2.17. The molecule has 0 amide bonds. The van der Waals surface area contributed by atoms with Crippen LogP contribution >= 0.6 is 15.9 Å². The molecular weight excluding hydrogens is 255 g/mol. The van der Waals surface area contributed by atoms with Crippen molar-refractivity contribution in [3.63, 3.8) is 0 Å². The average molecular weight is 263 g/mol. The van der Waals surface area contributed by atoms with Crippen LogP contribution in [0.5, 0.6) is 0 Å². The summed E-state index contributed by atoms with van der Waals surface area (Å²) in [7, 11) is 1.13. The van der Waals surface area contributed by atoms with Gasteiger partial charge in [0.05, 0.1) is 7.11 Å². The van der Waals surface area contributed by atoms with E-state index in [0.717, 1.165) is 13.2 Å². The fourth-order valence-electron chi connectivity index (χ4n) is 0.963. The Kier molecular flexibility index (Phi) is 3.60. The highest BCUT2D eigenvalue weighted by atomic mass is 79.9. The number of hydrogen-bond acceptors (Lipinski definition) is 3. The molecule has 0 fully saturated rings. The van der Waals surface area contributed by atoms with Crippen LogP contribution < -0.4 is 0 Å². The first-order valence-corrected chi connectivity index (χ1v) is 4.56. The Bertz CT molecular complexity index is 354. The van der Waals surface area contributed by atoms with Crippen LogP contribution in [0, 0.1) is 5.82 Å². The highest BCUT2D eigenvalue weighted by Crippen LogP contribution is 2.22. The summed E-state index contributed by atoms with van der Waals surface area (Å²) in [4.78, 5) is 10.9. The van der Waals surface area contributed by atoms with Crippen molar-refractivity contribution in [1.29, 1.82) is 0 Å². The monoisotopic (exact) mass is 262 g/mol. The number of esters is 1. The first kappa shape index (κ1) is 11.1. The van der Waals surface area contributed by atoms with Gasteiger partial charge in [0.15, 0.2) is 6.10 Å². The summed E-state index contributed by atoms with van der Waals surface area (Å²) < 4.78 is 18.0. The number of carbonyl (C=O) groups is 1. The number of ether oxygens (including phenoxy) is 1. The standard InChI is InChI=1S/C9H8BrFO3/c1-14-9(13)8(12)6-4-5(10)2-3-7(6)11/h2-4,8,12H,1H3/t8-/m1/s1. The summed E-state index contributed by atoms with van der Waals surface area (Å²) in [6, 6.07) is 3.96. The maximum atomic E-state index is 13.1. The van der Waals surface area contributed by atoms with Gasteiger partial charge < -0.3 is 9.84 Å². The van der Waals surface area contributed by atoms with E-state index in [1.54, 1.807) is 0 Å². The molecule has 1 rings (SSSR count). The van der Waals surface area contributed by atoms with Gasteiger partial charge in [-0.25, -0.2) is 9.18 Å². The van der Waals surface area contributed by atoms with Gasteiger partial charge in [0, 0.05) is 10.0 Å². The molecule has 0 radical (unpaired) electrons. The first-order valence-electron chi connectivity index (χ1n) is 3.77. The van der Waals surface area contributed by atoms with Crippen molar-refractivity contribution in [2.24, 2.45) is 0 Å². The Labute approximate surface area is 88.6 Å². The van der Waals surface area contributed by atoms with Crippen molar-refractivity contribution in [1.82, 2.24) is 0 Å². The molecule has 0 saturated carbocycles. The number of aliphatic hydroxyl groups excluding tert-OH is 1. The topological polar surface area (TPSA) is 46.5 Å². The van der Waals surface area contributed by atoms with Gasteiger partial charge in [0.2, 0.25) is 0 Å². The van der Waals surface area contributed by atoms with Crippen LogP contribution in [0.3, 0.4) is 0 Å². The fraction of sp³-hybridized carbons (Fsp3) is 0.222. The molecule has 14 heavy (non-hydrogen) atoms. The van der Waals surface area contributed by atoms with Crippen LogP contribution in [0.25, 0.3) is 0 Å². The minimum atomic E-state index is -1.59. The minimum Gasteiger partial charge on any atom is -0.467 e. The molecule has 1 aromatic rings. The number of rotatable bonds is 2. The quantitative estimate of drug-likeness (QED) is 0.827. The van der Waals surface area contributed by atoms with Gasteiger partial charge in [-0.15, -0.1) is 0 Å². The van der Waals surface area contributed by atoms with E-state index in [0.29, 0.717) is 4.47 Å². The average Bonchev–Trinajstić information content (AvgIpc) is 2.19. The molecule has 0 saturated heterocycles. The predicted octanol–water partition coefficient (Wildman–Crippen LogP) is 1.79. The minimum absolute atomic E-state index is 0.105. The Morgan fingerprint density at radius 1 is 1.64 bits per heavy atom. The lowest BCUT2D eigenvalue weighted by Crippen LogP contribution is -2.14. The zero-order chi connectivity index (χ0) is 10.7. The van der Waals surface area contributed by atoms with E-state index >= 15 is 0 Å². The molecule has 0 spiro atoms. The molecule has 76 valence electrons. The maximum Gasteiger partial charge on any atom is 0.339 e. The zero-order valence-corrected chi connectivity index (χ0v) is 8.92. The molecule has 0 aliphatic rings. The summed E-state index contributed by atoms with van der Waals surface area (Å²) >= 11 is 3.11. The van der Waals surface area contributed by atoms with Crippen molar-refractivity contribution in [3.05, 3.63) is 34.1 Å². The Morgan fingerprint density at radius 3 is 2.86 bits per heavy atom. The Balaban J connectivity index is 3.05. The van der Waals surface area contributed by atoms with E-state index in [1.165, 1.54) is 12.1 Å². The molecule has 1 atom stereocenters. The van der Waals surface area contributed by atoms with E-state index < -0.39 is 17.9 Å². The lowest BCUT2D eigenvalue weighted by Gasteiger charge is -2.09. The van der Waals surface area contributed by atoms with Crippen molar-refractivity contribution in [3.8, 4) is 0 Å². The van der Waals surface area contributed by atoms with Gasteiger partial charge in [-0.3, -0.25) is 0 Å². The molecule has 1 N–H and O–H groups in total. The van der Waals surface area contributed by atoms with Crippen LogP contribution in [-0.2, 0) is 9.53 Å². The van der Waals surface area contributed by atoms with Crippen LogP contribution in [0.2, 0.25) is 0 Å². The molecule has 0 unspecified atom stereocenters. The predicted molar refractivity (Wildman–Crippen MR) is 51.1 cm³/mol. The molecule has 5 heteroatoms. The number of methoxy groups -OCH3 is 1. The van der Waals surface area contributed by atoms with Gasteiger partial charge >= 0.3 is 5.97 Å². The fourth-order valence-corrected chi connectivity index (χ4v) is 1.34. The van der Waals surface area contributed by atoms with Crippen LogP contribution in [0.4, 0.5) is 4.39 Å². The molecule has 1 aromatic carbocycles. The van der Waals surface area contributed by atoms with Gasteiger partial charge in [-0.2, -0.15) is 0 Å². The van der Waals surface area contributed by atoms with Crippen molar-refractivity contribution in [2.75, 3.05) is 7.11 Å². The normalized spacial score (nSPS) is 12.3. The zero-order valence-electron chi connectivity index (χ0n) is 7.33. The lowest BCUT2D eigenvalue weighted by molar-refractivity contribution is -0.150. The van der Waals surface area contributed by atoms with E-state index in [1.807, 2.05) is 0 Å². The summed E-state index contributed by atoms with van der Waals surface area (Å²) in [5.74, 6) is -1.53. The smallest absolute Gasteiger partial charge is 0.339 e. The van der Waals surface area contributed by atoms with E-state index in [9.17, 15) is 14.3 Å². The second kappa shape index (κ2) is 4.52. The molecular formula is C9H8BrFO3. The van der Waals surface area contributed by atoms with Crippen molar-refractivity contribution < 1.29 is 19.0 Å². The molecule has 3 nitrogen and oxygen atoms in total. The van der Waals surface area contributed by atoms with Crippen LogP contribution in [0.1, 0.15) is 11.7 Å². The third-order valence-electron chi connectivity index (χ3n) is 1.68. The van der Waals surface area contributed by atoms with E-state index in [-0.39, 0.29) is 5.56 Å². The van der Waals surface area contributed by atoms with Crippen LogP contribution in [0.15, 0.2) is 22.7 Å². The van der Waals surface area contributed by atoms with Crippen LogP contribution in [-0.4, -0.2) is 18.2 Å². The lowest BCUT2D eigenvalue weighted by atomic mass is 10.1. The Hall–Kier alpha value is -0.940. The second-order valence-corrected chi connectivity index (χ2v) is 3.51. The van der Waals surface area contributed by atoms with E-state index in [2.05, 4.69) is 20.7 Å². The SMILES string of the molecule is COC(=O)[C@H](O)c1cc(Br)ccc1F.